The van der Waals surface area contributed by atoms with Crippen molar-refractivity contribution in [3.05, 3.63) is 41.6 Å². The third-order valence-corrected chi connectivity index (χ3v) is 5.05. The van der Waals surface area contributed by atoms with Crippen LogP contribution in [0.15, 0.2) is 30.5 Å². The van der Waals surface area contributed by atoms with Gasteiger partial charge in [-0.1, -0.05) is 0 Å². The molecule has 25 heavy (non-hydrogen) atoms. The van der Waals surface area contributed by atoms with Gasteiger partial charge in [0.25, 0.3) is 0 Å². The number of hydrogen-bond acceptors (Lipinski definition) is 6. The third-order valence-electron chi connectivity index (χ3n) is 5.05. The number of aromatic nitrogens is 1. The molecule has 0 bridgehead atoms. The van der Waals surface area contributed by atoms with Crippen molar-refractivity contribution in [2.24, 2.45) is 0 Å². The predicted molar refractivity (Wildman–Crippen MR) is 88.1 cm³/mol. The smallest absolute Gasteiger partial charge is 0.231 e. The minimum Gasteiger partial charge on any atom is -0.454 e. The number of pyridine rings is 1. The molecular formula is C19H13NO5. The highest BCUT2D eigenvalue weighted by molar-refractivity contribution is 5.97. The lowest BCUT2D eigenvalue weighted by Gasteiger charge is -2.25. The molecule has 1 N–H and O–H groups in total. The Hall–Kier alpha value is -2.99. The molecule has 6 heteroatoms. The fraction of sp³-hybridized carbons (Fsp3) is 0.211. The van der Waals surface area contributed by atoms with Crippen LogP contribution in [0, 0.1) is 0 Å². The van der Waals surface area contributed by atoms with E-state index < -0.39 is 6.10 Å². The van der Waals surface area contributed by atoms with E-state index in [4.69, 9.17) is 18.9 Å². The molecule has 0 fully saturated rings. The fourth-order valence-electron chi connectivity index (χ4n) is 3.92. The van der Waals surface area contributed by atoms with Crippen molar-refractivity contribution >= 4 is 10.8 Å². The van der Waals surface area contributed by atoms with Gasteiger partial charge in [-0.3, -0.25) is 4.98 Å². The Morgan fingerprint density at radius 1 is 0.920 bits per heavy atom. The Kier molecular flexibility index (Phi) is 2.42. The Morgan fingerprint density at radius 2 is 1.72 bits per heavy atom. The summed E-state index contributed by atoms with van der Waals surface area (Å²) in [5.74, 6) is 2.84. The van der Waals surface area contributed by atoms with Crippen molar-refractivity contribution < 1.29 is 24.1 Å². The topological polar surface area (TPSA) is 70.0 Å². The average Bonchev–Trinajstić information content (AvgIpc) is 3.28. The van der Waals surface area contributed by atoms with Crippen molar-refractivity contribution in [3.8, 4) is 34.3 Å². The molecule has 0 unspecified atom stereocenters. The van der Waals surface area contributed by atoms with Crippen LogP contribution in [-0.4, -0.2) is 23.7 Å². The highest BCUT2D eigenvalue weighted by Crippen LogP contribution is 2.48. The molecule has 6 nitrogen and oxygen atoms in total. The summed E-state index contributed by atoms with van der Waals surface area (Å²) in [6.07, 6.45) is 1.65. The van der Waals surface area contributed by atoms with Gasteiger partial charge in [-0.25, -0.2) is 0 Å². The first-order valence-electron chi connectivity index (χ1n) is 8.12. The first kappa shape index (κ1) is 13.3. The maximum atomic E-state index is 10.8. The number of benzene rings is 2. The standard InChI is InChI=1S/C19H13NO5/c21-13-3-9-4-15-16(24-7-23-15)5-11(9)18-17(13)10-1-2-14-19(25-8-22-14)12(10)6-20-18/h1-2,4-6,13,21H,3,7-8H2/t13-/m0/s1. The number of nitrogens with zero attached hydrogens (tertiary/aromatic N) is 1. The van der Waals surface area contributed by atoms with Gasteiger partial charge in [0.1, 0.15) is 0 Å². The first-order chi connectivity index (χ1) is 12.3. The van der Waals surface area contributed by atoms with Crippen molar-refractivity contribution in [1.82, 2.24) is 4.98 Å². The van der Waals surface area contributed by atoms with Crippen LogP contribution in [0.2, 0.25) is 0 Å². The zero-order valence-electron chi connectivity index (χ0n) is 13.1. The maximum Gasteiger partial charge on any atom is 0.231 e. The summed E-state index contributed by atoms with van der Waals surface area (Å²) in [6, 6.07) is 7.74. The number of fused-ring (bicyclic) bond motifs is 8. The van der Waals surface area contributed by atoms with Crippen LogP contribution in [0.4, 0.5) is 0 Å². The highest BCUT2D eigenvalue weighted by atomic mass is 16.7. The average molecular weight is 335 g/mol. The molecule has 3 aliphatic rings. The lowest BCUT2D eigenvalue weighted by molar-refractivity contribution is 0.173. The summed E-state index contributed by atoms with van der Waals surface area (Å²) in [4.78, 5) is 4.65. The van der Waals surface area contributed by atoms with E-state index in [1.165, 1.54) is 0 Å². The van der Waals surface area contributed by atoms with Crippen LogP contribution in [0.5, 0.6) is 23.0 Å². The Balaban J connectivity index is 1.66. The third kappa shape index (κ3) is 1.69. The minimum atomic E-state index is -0.639. The lowest BCUT2D eigenvalue weighted by Crippen LogP contribution is -2.12. The molecule has 0 saturated carbocycles. The molecule has 1 aromatic heterocycles. The Labute approximate surface area is 142 Å². The van der Waals surface area contributed by atoms with Crippen molar-refractivity contribution in [3.63, 3.8) is 0 Å². The normalized spacial score (nSPS) is 19.0. The highest BCUT2D eigenvalue weighted by Gasteiger charge is 2.30. The summed E-state index contributed by atoms with van der Waals surface area (Å²) >= 11 is 0. The molecule has 2 aliphatic heterocycles. The quantitative estimate of drug-likeness (QED) is 0.681. The lowest BCUT2D eigenvalue weighted by atomic mass is 9.84. The van der Waals surface area contributed by atoms with Crippen molar-refractivity contribution in [2.45, 2.75) is 12.5 Å². The molecule has 124 valence electrons. The van der Waals surface area contributed by atoms with E-state index in [2.05, 4.69) is 4.98 Å². The number of ether oxygens (including phenoxy) is 4. The number of rotatable bonds is 0. The summed E-state index contributed by atoms with van der Waals surface area (Å²) in [6.45, 7) is 0.433. The van der Waals surface area contributed by atoms with Gasteiger partial charge in [-0.2, -0.15) is 0 Å². The molecule has 3 aromatic rings. The molecule has 0 spiro atoms. The van der Waals surface area contributed by atoms with Crippen molar-refractivity contribution in [1.29, 1.82) is 0 Å². The number of aliphatic hydroxyl groups excluding tert-OH is 1. The van der Waals surface area contributed by atoms with Gasteiger partial charge < -0.3 is 24.1 Å². The summed E-state index contributed by atoms with van der Waals surface area (Å²) in [5.41, 5.74) is 3.58. The first-order valence-corrected chi connectivity index (χ1v) is 8.12. The Bertz CT molecular complexity index is 1060. The summed E-state index contributed by atoms with van der Waals surface area (Å²) < 4.78 is 22.0. The summed E-state index contributed by atoms with van der Waals surface area (Å²) in [7, 11) is 0. The zero-order valence-corrected chi connectivity index (χ0v) is 13.1. The second kappa shape index (κ2) is 4.55. The van der Waals surface area contributed by atoms with Gasteiger partial charge >= 0.3 is 0 Å². The van der Waals surface area contributed by atoms with Crippen LogP contribution >= 0.6 is 0 Å². The second-order valence-electron chi connectivity index (χ2n) is 6.36. The van der Waals surface area contributed by atoms with E-state index in [1.54, 1.807) is 6.20 Å². The zero-order chi connectivity index (χ0) is 16.5. The van der Waals surface area contributed by atoms with E-state index in [1.807, 2.05) is 24.3 Å². The van der Waals surface area contributed by atoms with Crippen LogP contribution in [0.3, 0.4) is 0 Å². The van der Waals surface area contributed by atoms with Crippen LogP contribution in [0.25, 0.3) is 22.0 Å². The molecule has 2 aromatic carbocycles. The second-order valence-corrected chi connectivity index (χ2v) is 6.36. The van der Waals surface area contributed by atoms with Crippen molar-refractivity contribution in [2.75, 3.05) is 13.6 Å². The van der Waals surface area contributed by atoms with Crippen LogP contribution in [0.1, 0.15) is 17.2 Å². The van der Waals surface area contributed by atoms with Crippen LogP contribution < -0.4 is 18.9 Å². The largest absolute Gasteiger partial charge is 0.454 e. The minimum absolute atomic E-state index is 0.209. The van der Waals surface area contributed by atoms with E-state index >= 15 is 0 Å². The molecular weight excluding hydrogens is 322 g/mol. The number of hydrogen-bond donors (Lipinski definition) is 1. The SMILES string of the molecule is O[C@H]1Cc2cc3c(cc2-c2ncc4c5c(ccc4c21)OCO5)OCO3. The van der Waals surface area contributed by atoms with Gasteiger partial charge in [-0.05, 0) is 35.2 Å². The number of aliphatic hydroxyl groups is 1. The van der Waals surface area contributed by atoms with Gasteiger partial charge in [-0.15, -0.1) is 0 Å². The fourth-order valence-corrected chi connectivity index (χ4v) is 3.92. The molecule has 3 heterocycles. The molecule has 1 atom stereocenters. The van der Waals surface area contributed by atoms with Gasteiger partial charge in [0, 0.05) is 29.1 Å². The molecule has 0 saturated heterocycles. The molecule has 1 aliphatic carbocycles. The van der Waals surface area contributed by atoms with Gasteiger partial charge in [0.2, 0.25) is 13.6 Å². The van der Waals surface area contributed by atoms with Gasteiger partial charge in [0.15, 0.2) is 23.0 Å². The van der Waals surface area contributed by atoms with Gasteiger partial charge in [0.05, 0.1) is 11.8 Å². The van der Waals surface area contributed by atoms with E-state index in [-0.39, 0.29) is 13.6 Å². The van der Waals surface area contributed by atoms with Crippen LogP contribution in [-0.2, 0) is 6.42 Å². The maximum absolute atomic E-state index is 10.8. The van der Waals surface area contributed by atoms with E-state index in [0.717, 1.165) is 38.9 Å². The monoisotopic (exact) mass is 335 g/mol. The predicted octanol–water partition coefficient (Wildman–Crippen LogP) is 2.95. The Morgan fingerprint density at radius 3 is 2.64 bits per heavy atom. The van der Waals surface area contributed by atoms with E-state index in [0.29, 0.717) is 23.7 Å². The molecule has 6 rings (SSSR count). The molecule has 0 radical (unpaired) electrons. The summed E-state index contributed by atoms with van der Waals surface area (Å²) in [5, 5.41) is 12.6. The molecule has 0 amide bonds. The van der Waals surface area contributed by atoms with E-state index in [9.17, 15) is 5.11 Å².